The number of hydrogen-bond donors (Lipinski definition) is 0. The van der Waals surface area contributed by atoms with Gasteiger partial charge in [-0.2, -0.15) is 0 Å². The summed E-state index contributed by atoms with van der Waals surface area (Å²) in [5.74, 6) is -1.19. The van der Waals surface area contributed by atoms with Crippen LogP contribution >= 0.6 is 0 Å². The predicted molar refractivity (Wildman–Crippen MR) is 185 cm³/mol. The molecule has 0 aromatic heterocycles. The molecular formula is C38H50N4O2-2. The largest absolute Gasteiger partial charge is 0.851 e. The van der Waals surface area contributed by atoms with Crippen LogP contribution in [0.3, 0.4) is 0 Å². The van der Waals surface area contributed by atoms with Gasteiger partial charge < -0.3 is 29.8 Å². The minimum absolute atomic E-state index is 0.309. The van der Waals surface area contributed by atoms with Gasteiger partial charge in [-0.1, -0.05) is 76.2 Å². The highest BCUT2D eigenvalue weighted by atomic mass is 16.3. The molecule has 236 valence electrons. The van der Waals surface area contributed by atoms with E-state index >= 15 is 0 Å². The van der Waals surface area contributed by atoms with E-state index in [1.54, 1.807) is 0 Å². The Bertz CT molecular complexity index is 1560. The van der Waals surface area contributed by atoms with Crippen molar-refractivity contribution in [2.45, 2.75) is 90.8 Å². The molecule has 2 aliphatic heterocycles. The molecule has 0 bridgehead atoms. The third kappa shape index (κ3) is 4.13. The van der Waals surface area contributed by atoms with Crippen molar-refractivity contribution in [2.24, 2.45) is 0 Å². The van der Waals surface area contributed by atoms with Gasteiger partial charge in [0.1, 0.15) is 11.3 Å². The second kappa shape index (κ2) is 11.1. The molecule has 1 fully saturated rings. The first-order valence-electron chi connectivity index (χ1n) is 16.3. The van der Waals surface area contributed by atoms with Crippen LogP contribution in [0.5, 0.6) is 0 Å². The Morgan fingerprint density at radius 1 is 0.500 bits per heavy atom. The molecule has 0 N–H and O–H groups in total. The summed E-state index contributed by atoms with van der Waals surface area (Å²) < 4.78 is 0. The Labute approximate surface area is 264 Å². The van der Waals surface area contributed by atoms with Gasteiger partial charge in [0.15, 0.2) is 0 Å². The molecule has 44 heavy (non-hydrogen) atoms. The molecular weight excluding hydrogens is 544 g/mol. The van der Waals surface area contributed by atoms with E-state index in [4.69, 9.17) is 0 Å². The molecule has 3 aliphatic rings. The smallest absolute Gasteiger partial charge is 0.106 e. The molecule has 0 amide bonds. The van der Waals surface area contributed by atoms with Gasteiger partial charge in [-0.3, -0.25) is 0 Å². The predicted octanol–water partition coefficient (Wildman–Crippen LogP) is 6.63. The fraction of sp³-hybridized carbons (Fsp3) is 0.474. The van der Waals surface area contributed by atoms with Crippen LogP contribution in [-0.4, -0.2) is 51.7 Å². The molecule has 6 heteroatoms. The van der Waals surface area contributed by atoms with E-state index in [2.05, 4.69) is 124 Å². The lowest BCUT2D eigenvalue weighted by atomic mass is 9.62. The van der Waals surface area contributed by atoms with Gasteiger partial charge >= 0.3 is 0 Å². The van der Waals surface area contributed by atoms with E-state index in [0.29, 0.717) is 0 Å². The molecule has 0 spiro atoms. The van der Waals surface area contributed by atoms with Gasteiger partial charge in [0.25, 0.3) is 0 Å². The highest BCUT2D eigenvalue weighted by Gasteiger charge is 2.46. The number of benzene rings is 4. The van der Waals surface area contributed by atoms with Crippen molar-refractivity contribution >= 4 is 44.3 Å². The lowest BCUT2D eigenvalue weighted by Crippen LogP contribution is -2.65. The van der Waals surface area contributed by atoms with Gasteiger partial charge in [0.05, 0.1) is 11.4 Å². The van der Waals surface area contributed by atoms with Crippen molar-refractivity contribution in [1.82, 2.24) is 0 Å². The van der Waals surface area contributed by atoms with Crippen molar-refractivity contribution < 1.29 is 10.2 Å². The second-order valence-electron chi connectivity index (χ2n) is 13.0. The molecule has 7 rings (SSSR count). The first-order valence-corrected chi connectivity index (χ1v) is 16.3. The van der Waals surface area contributed by atoms with Crippen LogP contribution in [0.15, 0.2) is 60.7 Å². The molecule has 2 heterocycles. The van der Waals surface area contributed by atoms with E-state index < -0.39 is 24.0 Å². The number of anilines is 4. The number of rotatable bonds is 2. The summed E-state index contributed by atoms with van der Waals surface area (Å²) in [6.07, 6.45) is -2.03. The standard InChI is InChI=1S/C34H38N4O2.2C2H6/c1-33(2)35(5)23-13-9-11-19-15-17-21(29(25(19)23)37(33)7)27-31(39)28(32(27)40)22-18-16-20-12-10-14-24-26(20)30(22)38(8)34(3,4)36(24)6;2*1-2/h9-18,27-28,31-32H,1-8H3;2*1-2H3/q-2;;. The van der Waals surface area contributed by atoms with Crippen LogP contribution in [0.2, 0.25) is 0 Å². The van der Waals surface area contributed by atoms with E-state index in [-0.39, 0.29) is 11.3 Å². The van der Waals surface area contributed by atoms with Gasteiger partial charge in [-0.15, -0.1) is 12.2 Å². The van der Waals surface area contributed by atoms with Crippen LogP contribution in [0.4, 0.5) is 22.7 Å². The fourth-order valence-electron chi connectivity index (χ4n) is 7.50. The SMILES string of the molecule is CC.CC.CN1c2cccc3ccc(C4C([O-])C(c5ccc6cccc7c6c5N(C)C(C)(C)N7C)C4[O-])c(c23)N(C)C1(C)C. The summed E-state index contributed by atoms with van der Waals surface area (Å²) in [5, 5.41) is 33.1. The molecule has 1 saturated carbocycles. The molecule has 1 aliphatic carbocycles. The Morgan fingerprint density at radius 3 is 1.18 bits per heavy atom. The zero-order valence-electron chi connectivity index (χ0n) is 28.7. The van der Waals surface area contributed by atoms with Gasteiger partial charge in [0, 0.05) is 50.3 Å². The van der Waals surface area contributed by atoms with Crippen molar-refractivity contribution in [1.29, 1.82) is 0 Å². The third-order valence-electron chi connectivity index (χ3n) is 10.9. The maximum Gasteiger partial charge on any atom is 0.106 e. The van der Waals surface area contributed by atoms with E-state index in [1.807, 2.05) is 39.8 Å². The fourth-order valence-corrected chi connectivity index (χ4v) is 7.50. The quantitative estimate of drug-likeness (QED) is 0.260. The maximum absolute atomic E-state index is 14.3. The van der Waals surface area contributed by atoms with Gasteiger partial charge in [-0.25, -0.2) is 0 Å². The molecule has 4 aromatic carbocycles. The lowest BCUT2D eigenvalue weighted by molar-refractivity contribution is -0.535. The summed E-state index contributed by atoms with van der Waals surface area (Å²) in [5.41, 5.74) is 5.50. The second-order valence-corrected chi connectivity index (χ2v) is 13.0. The van der Waals surface area contributed by atoms with E-state index in [0.717, 1.165) is 55.4 Å². The summed E-state index contributed by atoms with van der Waals surface area (Å²) in [7, 11) is 8.40. The summed E-state index contributed by atoms with van der Waals surface area (Å²) in [6, 6.07) is 20.9. The first kappa shape index (κ1) is 31.9. The van der Waals surface area contributed by atoms with Crippen molar-refractivity contribution in [3.8, 4) is 0 Å². The zero-order chi connectivity index (χ0) is 32.5. The lowest BCUT2D eigenvalue weighted by Gasteiger charge is -2.63. The van der Waals surface area contributed by atoms with Crippen molar-refractivity contribution in [3.05, 3.63) is 71.8 Å². The number of hydrogen-bond acceptors (Lipinski definition) is 6. The highest BCUT2D eigenvalue weighted by molar-refractivity contribution is 6.08. The number of nitrogens with zero attached hydrogens (tertiary/aromatic N) is 4. The molecule has 6 nitrogen and oxygen atoms in total. The van der Waals surface area contributed by atoms with Crippen LogP contribution in [0.1, 0.15) is 78.4 Å². The normalized spacial score (nSPS) is 24.3. The summed E-state index contributed by atoms with van der Waals surface area (Å²) in [4.78, 5) is 9.07. The van der Waals surface area contributed by atoms with Gasteiger partial charge in [-0.05, 0) is 73.6 Å². The Hall–Kier alpha value is -3.48. The monoisotopic (exact) mass is 594 g/mol. The Balaban J connectivity index is 0.000000924. The Kier molecular flexibility index (Phi) is 8.09. The van der Waals surface area contributed by atoms with Crippen LogP contribution in [-0.2, 0) is 0 Å². The topological polar surface area (TPSA) is 59.1 Å². The van der Waals surface area contributed by atoms with Gasteiger partial charge in [0.2, 0.25) is 0 Å². The molecule has 4 aromatic rings. The van der Waals surface area contributed by atoms with Crippen molar-refractivity contribution in [3.63, 3.8) is 0 Å². The zero-order valence-corrected chi connectivity index (χ0v) is 28.7. The molecule has 0 unspecified atom stereocenters. The van der Waals surface area contributed by atoms with Crippen LogP contribution < -0.4 is 29.8 Å². The first-order chi connectivity index (χ1) is 20.9. The highest BCUT2D eigenvalue weighted by Crippen LogP contribution is 2.56. The van der Waals surface area contributed by atoms with Crippen LogP contribution in [0.25, 0.3) is 21.5 Å². The van der Waals surface area contributed by atoms with Crippen molar-refractivity contribution in [2.75, 3.05) is 47.8 Å². The van der Waals surface area contributed by atoms with E-state index in [1.165, 1.54) is 0 Å². The average Bonchev–Trinajstić information content (AvgIpc) is 3.03. The molecule has 0 atom stereocenters. The van der Waals surface area contributed by atoms with E-state index in [9.17, 15) is 10.2 Å². The average molecular weight is 595 g/mol. The van der Waals surface area contributed by atoms with Crippen LogP contribution in [0, 0.1) is 0 Å². The molecule has 0 radical (unpaired) electrons. The third-order valence-corrected chi connectivity index (χ3v) is 10.9. The minimum Gasteiger partial charge on any atom is -0.851 e. The minimum atomic E-state index is -1.02. The molecule has 0 saturated heterocycles. The maximum atomic E-state index is 14.3. The Morgan fingerprint density at radius 2 is 0.841 bits per heavy atom. The summed E-state index contributed by atoms with van der Waals surface area (Å²) >= 11 is 0. The summed E-state index contributed by atoms with van der Waals surface area (Å²) in [6.45, 7) is 16.7.